The summed E-state index contributed by atoms with van der Waals surface area (Å²) in [5, 5.41) is 10.6. The van der Waals surface area contributed by atoms with E-state index in [4.69, 9.17) is 37.0 Å². The summed E-state index contributed by atoms with van der Waals surface area (Å²) in [4.78, 5) is 72.6. The van der Waals surface area contributed by atoms with E-state index >= 15 is 0 Å². The number of aliphatic hydroxyl groups is 1. The summed E-state index contributed by atoms with van der Waals surface area (Å²) in [7, 11) is -9.91. The van der Waals surface area contributed by atoms with Gasteiger partial charge in [0.05, 0.1) is 26.4 Å². The van der Waals surface area contributed by atoms with Gasteiger partial charge in [-0.25, -0.2) is 9.13 Å². The Hall–Kier alpha value is -1.94. The monoisotopic (exact) mass is 1370 g/mol. The van der Waals surface area contributed by atoms with Gasteiger partial charge in [-0.1, -0.05) is 319 Å². The van der Waals surface area contributed by atoms with E-state index in [1.165, 1.54) is 167 Å². The number of hydrogen-bond donors (Lipinski definition) is 3. The Morgan fingerprint density at radius 2 is 0.516 bits per heavy atom. The number of phosphoric ester groups is 2. The Balaban J connectivity index is 5.16. The second kappa shape index (κ2) is 63.5. The van der Waals surface area contributed by atoms with Gasteiger partial charge in [0.2, 0.25) is 0 Å². The van der Waals surface area contributed by atoms with Gasteiger partial charge in [-0.15, -0.1) is 0 Å². The molecule has 0 bridgehead atoms. The van der Waals surface area contributed by atoms with Crippen molar-refractivity contribution in [3.8, 4) is 0 Å². The summed E-state index contributed by atoms with van der Waals surface area (Å²) < 4.78 is 68.3. The second-order valence-corrected chi connectivity index (χ2v) is 31.3. The maximum absolute atomic E-state index is 13.0. The zero-order valence-corrected chi connectivity index (χ0v) is 62.7. The van der Waals surface area contributed by atoms with Crippen LogP contribution in [0, 0.1) is 23.7 Å². The number of hydrogen-bond acceptors (Lipinski definition) is 15. The van der Waals surface area contributed by atoms with E-state index in [-0.39, 0.29) is 25.7 Å². The molecule has 0 rings (SSSR count). The number of carbonyl (C=O) groups excluding carboxylic acids is 4. The van der Waals surface area contributed by atoms with Crippen LogP contribution in [0.2, 0.25) is 0 Å². The maximum Gasteiger partial charge on any atom is 0.472 e. The molecule has 0 aliphatic carbocycles. The highest BCUT2D eigenvalue weighted by atomic mass is 31.2. The number of ether oxygens (including phenoxy) is 4. The van der Waals surface area contributed by atoms with E-state index in [2.05, 4.69) is 55.4 Å². The molecule has 6 atom stereocenters. The van der Waals surface area contributed by atoms with Crippen LogP contribution in [0.4, 0.5) is 0 Å². The average Bonchev–Trinajstić information content (AvgIpc) is 2.03. The predicted octanol–water partition coefficient (Wildman–Crippen LogP) is 21.3. The molecule has 0 heterocycles. The third-order valence-corrected chi connectivity index (χ3v) is 19.3. The van der Waals surface area contributed by atoms with Crippen LogP contribution in [0.25, 0.3) is 0 Å². The lowest BCUT2D eigenvalue weighted by Crippen LogP contribution is -2.30. The number of esters is 4. The topological polar surface area (TPSA) is 237 Å². The molecule has 19 heteroatoms. The van der Waals surface area contributed by atoms with Crippen LogP contribution in [-0.4, -0.2) is 96.7 Å². The molecule has 0 aromatic heterocycles. The van der Waals surface area contributed by atoms with Gasteiger partial charge in [0, 0.05) is 25.7 Å². The summed E-state index contributed by atoms with van der Waals surface area (Å²) in [5.41, 5.74) is 0. The standard InChI is InChI=1S/C74H144O17P2/c1-9-67(8)53-45-37-28-20-18-16-14-12-10-11-13-15-17-19-21-30-40-48-56-73(78)90-69(60-84-71(76)54-46-38-29-24-22-26-34-42-50-64(2)3)62-88-92(80,81)86-58-68(75)59-87-93(82,83)89-63-70(61-85-72(77)55-47-39-33-32-36-44-52-66(6)7)91-74(79)57-49-41-31-25-23-27-35-43-51-65(4)5/h64-70,75H,9-63H2,1-8H3,(H,80,81)(H,82,83)/t67?,68-,69-,70-/m1/s1. The van der Waals surface area contributed by atoms with Crippen molar-refractivity contribution in [1.82, 2.24) is 0 Å². The van der Waals surface area contributed by atoms with E-state index in [0.29, 0.717) is 31.6 Å². The first kappa shape index (κ1) is 91.1. The molecule has 0 aliphatic rings. The highest BCUT2D eigenvalue weighted by Gasteiger charge is 2.30. The molecule has 0 amide bonds. The molecule has 0 saturated carbocycles. The van der Waals surface area contributed by atoms with Crippen molar-refractivity contribution in [3.63, 3.8) is 0 Å². The normalized spacial score (nSPS) is 14.5. The number of unbranched alkanes of at least 4 members (excludes halogenated alkanes) is 36. The highest BCUT2D eigenvalue weighted by molar-refractivity contribution is 7.47. The lowest BCUT2D eigenvalue weighted by molar-refractivity contribution is -0.161. The average molecular weight is 1370 g/mol. The zero-order valence-electron chi connectivity index (χ0n) is 60.9. The van der Waals surface area contributed by atoms with Crippen molar-refractivity contribution in [1.29, 1.82) is 0 Å². The van der Waals surface area contributed by atoms with E-state index < -0.39 is 97.5 Å². The SMILES string of the molecule is CCC(C)CCCCCCCCCCCCCCCCCCCCC(=O)O[C@H](COC(=O)CCCCCCCCCCC(C)C)COP(=O)(O)OC[C@@H](O)COP(=O)(O)OC[C@@H](COC(=O)CCCCCCCCC(C)C)OC(=O)CCCCCCCCCCC(C)C. The summed E-state index contributed by atoms with van der Waals surface area (Å²) in [5.74, 6) is 0.866. The second-order valence-electron chi connectivity index (χ2n) is 28.4. The zero-order chi connectivity index (χ0) is 68.9. The van der Waals surface area contributed by atoms with E-state index in [9.17, 15) is 43.2 Å². The third-order valence-electron chi connectivity index (χ3n) is 17.4. The minimum absolute atomic E-state index is 0.103. The molecule has 0 fully saturated rings. The minimum Gasteiger partial charge on any atom is -0.462 e. The Morgan fingerprint density at radius 1 is 0.301 bits per heavy atom. The van der Waals surface area contributed by atoms with Crippen LogP contribution >= 0.6 is 15.6 Å². The minimum atomic E-state index is -4.96. The van der Waals surface area contributed by atoms with Crippen molar-refractivity contribution < 1.29 is 80.2 Å². The van der Waals surface area contributed by atoms with Crippen LogP contribution < -0.4 is 0 Å². The molecule has 0 aliphatic heterocycles. The lowest BCUT2D eigenvalue weighted by atomic mass is 9.99. The molecule has 93 heavy (non-hydrogen) atoms. The van der Waals surface area contributed by atoms with Crippen LogP contribution in [0.3, 0.4) is 0 Å². The van der Waals surface area contributed by atoms with Crippen molar-refractivity contribution in [2.75, 3.05) is 39.6 Å². The number of rotatable bonds is 71. The molecule has 17 nitrogen and oxygen atoms in total. The highest BCUT2D eigenvalue weighted by Crippen LogP contribution is 2.45. The van der Waals surface area contributed by atoms with Gasteiger partial charge in [-0.05, 0) is 49.4 Å². The quantitative estimate of drug-likeness (QED) is 0.0222. The first-order valence-electron chi connectivity index (χ1n) is 38.2. The number of aliphatic hydroxyl groups excluding tert-OH is 1. The predicted molar refractivity (Wildman–Crippen MR) is 377 cm³/mol. The van der Waals surface area contributed by atoms with Gasteiger partial charge in [0.25, 0.3) is 0 Å². The first-order valence-corrected chi connectivity index (χ1v) is 41.2. The molecule has 0 radical (unpaired) electrons. The molecule has 0 saturated heterocycles. The largest absolute Gasteiger partial charge is 0.472 e. The molecular weight excluding hydrogens is 1220 g/mol. The van der Waals surface area contributed by atoms with Gasteiger partial charge in [-0.3, -0.25) is 37.3 Å². The number of phosphoric acid groups is 2. The van der Waals surface area contributed by atoms with E-state index in [1.54, 1.807) is 0 Å². The maximum atomic E-state index is 13.0. The fourth-order valence-electron chi connectivity index (χ4n) is 11.2. The molecule has 0 spiro atoms. The molecule has 0 aromatic rings. The Kier molecular flexibility index (Phi) is 62.2. The first-order chi connectivity index (χ1) is 44.6. The van der Waals surface area contributed by atoms with Crippen LogP contribution in [0.15, 0.2) is 0 Å². The van der Waals surface area contributed by atoms with Gasteiger partial charge >= 0.3 is 39.5 Å². The molecule has 0 aromatic carbocycles. The molecule has 3 N–H and O–H groups in total. The summed E-state index contributed by atoms with van der Waals surface area (Å²) in [6, 6.07) is 0. The molecule has 552 valence electrons. The lowest BCUT2D eigenvalue weighted by Gasteiger charge is -2.21. The Labute approximate surface area is 568 Å². The molecular formula is C74H144O17P2. The number of carbonyl (C=O) groups is 4. The Morgan fingerprint density at radius 3 is 0.763 bits per heavy atom. The van der Waals surface area contributed by atoms with E-state index in [1.807, 2.05) is 0 Å². The smallest absolute Gasteiger partial charge is 0.462 e. The Bertz CT molecular complexity index is 1840. The van der Waals surface area contributed by atoms with Crippen LogP contribution in [0.1, 0.15) is 370 Å². The molecule has 3 unspecified atom stereocenters. The van der Waals surface area contributed by atoms with Crippen molar-refractivity contribution >= 4 is 39.5 Å². The van der Waals surface area contributed by atoms with Crippen molar-refractivity contribution in [2.24, 2.45) is 23.7 Å². The van der Waals surface area contributed by atoms with E-state index in [0.717, 1.165) is 114 Å². The summed E-state index contributed by atoms with van der Waals surface area (Å²) in [6.45, 7) is 14.1. The van der Waals surface area contributed by atoms with Crippen LogP contribution in [0.5, 0.6) is 0 Å². The van der Waals surface area contributed by atoms with Gasteiger partial charge in [-0.2, -0.15) is 0 Å². The van der Waals surface area contributed by atoms with Crippen molar-refractivity contribution in [2.45, 2.75) is 388 Å². The fraction of sp³-hybridized carbons (Fsp3) is 0.946. The fourth-order valence-corrected chi connectivity index (χ4v) is 12.7. The van der Waals surface area contributed by atoms with Crippen LogP contribution in [-0.2, 0) is 65.4 Å². The van der Waals surface area contributed by atoms with Gasteiger partial charge in [0.15, 0.2) is 12.2 Å². The third kappa shape index (κ3) is 67.0. The van der Waals surface area contributed by atoms with Crippen molar-refractivity contribution in [3.05, 3.63) is 0 Å². The summed E-state index contributed by atoms with van der Waals surface area (Å²) in [6.07, 6.45) is 47.6. The van der Waals surface area contributed by atoms with Gasteiger partial charge in [0.1, 0.15) is 19.3 Å². The summed E-state index contributed by atoms with van der Waals surface area (Å²) >= 11 is 0. The van der Waals surface area contributed by atoms with Gasteiger partial charge < -0.3 is 33.8 Å².